The van der Waals surface area contributed by atoms with Crippen LogP contribution < -0.4 is 15.4 Å². The topological polar surface area (TPSA) is 76.7 Å². The van der Waals surface area contributed by atoms with E-state index in [1.54, 1.807) is 13.8 Å². The van der Waals surface area contributed by atoms with E-state index in [2.05, 4.69) is 17.6 Å². The summed E-state index contributed by atoms with van der Waals surface area (Å²) in [6.07, 6.45) is 1.71. The first-order valence-corrected chi connectivity index (χ1v) is 10.3. The van der Waals surface area contributed by atoms with Gasteiger partial charge >= 0.3 is 12.0 Å². The number of carbonyl (C=O) groups is 2. The highest BCUT2D eigenvalue weighted by molar-refractivity contribution is 6.04. The quantitative estimate of drug-likeness (QED) is 0.495. The molecule has 1 heterocycles. The number of nitrogens with one attached hydrogen (secondary N) is 2. The molecule has 6 heteroatoms. The van der Waals surface area contributed by atoms with E-state index in [4.69, 9.17) is 9.47 Å². The largest absolute Gasteiger partial charge is 0.494 e. The molecule has 0 radical (unpaired) electrons. The Morgan fingerprint density at radius 1 is 1.10 bits per heavy atom. The SMILES string of the molecule is CCCCOc1cccc(C2NC(=O)NC(c3ccccc3)=C2C(=O)OC(C)C)c1. The summed E-state index contributed by atoms with van der Waals surface area (Å²) in [6, 6.07) is 15.7. The zero-order valence-corrected chi connectivity index (χ0v) is 17.6. The molecule has 2 aromatic rings. The van der Waals surface area contributed by atoms with Crippen LogP contribution in [-0.4, -0.2) is 24.7 Å². The molecule has 0 saturated heterocycles. The molecule has 0 fully saturated rings. The van der Waals surface area contributed by atoms with Crippen LogP contribution in [0.3, 0.4) is 0 Å². The van der Waals surface area contributed by atoms with Crippen LogP contribution in [-0.2, 0) is 9.53 Å². The summed E-state index contributed by atoms with van der Waals surface area (Å²) in [5.74, 6) is 0.227. The summed E-state index contributed by atoms with van der Waals surface area (Å²) in [6.45, 7) is 6.32. The minimum Gasteiger partial charge on any atom is -0.494 e. The third-order valence-corrected chi connectivity index (χ3v) is 4.66. The molecule has 3 rings (SSSR count). The number of benzene rings is 2. The highest BCUT2D eigenvalue weighted by Gasteiger charge is 2.34. The van der Waals surface area contributed by atoms with Crippen LogP contribution in [0.25, 0.3) is 5.70 Å². The lowest BCUT2D eigenvalue weighted by atomic mass is 9.92. The summed E-state index contributed by atoms with van der Waals surface area (Å²) in [5, 5.41) is 5.66. The first-order valence-electron chi connectivity index (χ1n) is 10.3. The van der Waals surface area contributed by atoms with E-state index in [-0.39, 0.29) is 12.1 Å². The van der Waals surface area contributed by atoms with Gasteiger partial charge in [-0.25, -0.2) is 9.59 Å². The molecule has 2 amide bonds. The number of rotatable bonds is 8. The lowest BCUT2D eigenvalue weighted by Gasteiger charge is -2.30. The molecule has 30 heavy (non-hydrogen) atoms. The molecule has 1 aliphatic rings. The fourth-order valence-electron chi connectivity index (χ4n) is 3.26. The van der Waals surface area contributed by atoms with Crippen molar-refractivity contribution < 1.29 is 19.1 Å². The maximum Gasteiger partial charge on any atom is 0.338 e. The molecule has 6 nitrogen and oxygen atoms in total. The maximum absolute atomic E-state index is 13.1. The fraction of sp³-hybridized carbons (Fsp3) is 0.333. The van der Waals surface area contributed by atoms with Crippen LogP contribution in [0.5, 0.6) is 5.75 Å². The second kappa shape index (κ2) is 9.96. The molecule has 0 spiro atoms. The van der Waals surface area contributed by atoms with Gasteiger partial charge in [-0.2, -0.15) is 0 Å². The molecule has 0 bridgehead atoms. The van der Waals surface area contributed by atoms with Crippen LogP contribution >= 0.6 is 0 Å². The van der Waals surface area contributed by atoms with Crippen molar-refractivity contribution in [2.45, 2.75) is 45.8 Å². The Kier molecular flexibility index (Phi) is 7.12. The average Bonchev–Trinajstić information content (AvgIpc) is 2.73. The van der Waals surface area contributed by atoms with Crippen LogP contribution in [0.2, 0.25) is 0 Å². The van der Waals surface area contributed by atoms with E-state index in [9.17, 15) is 9.59 Å². The number of hydrogen-bond acceptors (Lipinski definition) is 4. The van der Waals surface area contributed by atoms with Gasteiger partial charge in [0.25, 0.3) is 0 Å². The van der Waals surface area contributed by atoms with Crippen LogP contribution in [0.15, 0.2) is 60.2 Å². The molecule has 2 aromatic carbocycles. The Labute approximate surface area is 177 Å². The molecule has 158 valence electrons. The molecule has 1 unspecified atom stereocenters. The lowest BCUT2D eigenvalue weighted by Crippen LogP contribution is -2.45. The average molecular weight is 408 g/mol. The fourth-order valence-corrected chi connectivity index (χ4v) is 3.26. The van der Waals surface area contributed by atoms with Crippen molar-refractivity contribution in [1.82, 2.24) is 10.6 Å². The summed E-state index contributed by atoms with van der Waals surface area (Å²) in [4.78, 5) is 25.6. The molecule has 0 aromatic heterocycles. The van der Waals surface area contributed by atoms with Gasteiger partial charge in [0, 0.05) is 0 Å². The molecule has 1 aliphatic heterocycles. The Morgan fingerprint density at radius 3 is 2.57 bits per heavy atom. The molecule has 0 saturated carbocycles. The van der Waals surface area contributed by atoms with Gasteiger partial charge in [-0.3, -0.25) is 0 Å². The second-order valence-electron chi connectivity index (χ2n) is 7.41. The number of ether oxygens (including phenoxy) is 2. The van der Waals surface area contributed by atoms with Crippen molar-refractivity contribution >= 4 is 17.7 Å². The molecular formula is C24H28N2O4. The van der Waals surface area contributed by atoms with Gasteiger partial charge in [0.2, 0.25) is 0 Å². The van der Waals surface area contributed by atoms with Crippen molar-refractivity contribution in [2.24, 2.45) is 0 Å². The van der Waals surface area contributed by atoms with Gasteiger partial charge in [-0.15, -0.1) is 0 Å². The second-order valence-corrected chi connectivity index (χ2v) is 7.41. The van der Waals surface area contributed by atoms with Crippen LogP contribution in [0, 0.1) is 0 Å². The van der Waals surface area contributed by atoms with E-state index in [1.807, 2.05) is 54.6 Å². The van der Waals surface area contributed by atoms with Crippen molar-refractivity contribution in [2.75, 3.05) is 6.61 Å². The monoisotopic (exact) mass is 408 g/mol. The van der Waals surface area contributed by atoms with E-state index in [1.165, 1.54) is 0 Å². The Bertz CT molecular complexity index is 922. The van der Waals surface area contributed by atoms with E-state index >= 15 is 0 Å². The van der Waals surface area contributed by atoms with Gasteiger partial charge in [-0.1, -0.05) is 55.8 Å². The summed E-state index contributed by atoms with van der Waals surface area (Å²) in [5.41, 5.74) is 2.30. The van der Waals surface area contributed by atoms with Gasteiger partial charge in [-0.05, 0) is 43.5 Å². The number of urea groups is 1. The maximum atomic E-state index is 13.1. The zero-order valence-electron chi connectivity index (χ0n) is 17.6. The minimum absolute atomic E-state index is 0.288. The zero-order chi connectivity index (χ0) is 21.5. The number of amides is 2. The summed E-state index contributed by atoms with van der Waals surface area (Å²) < 4.78 is 11.3. The Morgan fingerprint density at radius 2 is 1.87 bits per heavy atom. The number of unbranched alkanes of at least 4 members (excludes halogenated alkanes) is 1. The number of carbonyl (C=O) groups excluding carboxylic acids is 2. The summed E-state index contributed by atoms with van der Waals surface area (Å²) >= 11 is 0. The third kappa shape index (κ3) is 5.20. The van der Waals surface area contributed by atoms with Crippen molar-refractivity contribution in [3.63, 3.8) is 0 Å². The summed E-state index contributed by atoms with van der Waals surface area (Å²) in [7, 11) is 0. The minimum atomic E-state index is -0.657. The third-order valence-electron chi connectivity index (χ3n) is 4.66. The van der Waals surface area contributed by atoms with Gasteiger partial charge in [0.05, 0.1) is 30.0 Å². The van der Waals surface area contributed by atoms with Gasteiger partial charge in [0.1, 0.15) is 5.75 Å². The molecule has 0 aliphatic carbocycles. The molecule has 1 atom stereocenters. The number of esters is 1. The van der Waals surface area contributed by atoms with Crippen molar-refractivity contribution in [1.29, 1.82) is 0 Å². The first kappa shape index (κ1) is 21.4. The number of hydrogen-bond donors (Lipinski definition) is 2. The van der Waals surface area contributed by atoms with E-state index < -0.39 is 12.0 Å². The highest BCUT2D eigenvalue weighted by Crippen LogP contribution is 2.33. The molecule has 2 N–H and O–H groups in total. The van der Waals surface area contributed by atoms with E-state index in [0.29, 0.717) is 23.6 Å². The van der Waals surface area contributed by atoms with Gasteiger partial charge in [0.15, 0.2) is 0 Å². The van der Waals surface area contributed by atoms with E-state index in [0.717, 1.165) is 24.0 Å². The highest BCUT2D eigenvalue weighted by atomic mass is 16.5. The normalized spacial score (nSPS) is 16.1. The van der Waals surface area contributed by atoms with Crippen LogP contribution in [0.1, 0.15) is 50.8 Å². The lowest BCUT2D eigenvalue weighted by molar-refractivity contribution is -0.143. The van der Waals surface area contributed by atoms with Crippen molar-refractivity contribution in [3.8, 4) is 5.75 Å². The predicted molar refractivity (Wildman–Crippen MR) is 116 cm³/mol. The van der Waals surface area contributed by atoms with Gasteiger partial charge < -0.3 is 20.1 Å². The van der Waals surface area contributed by atoms with Crippen molar-refractivity contribution in [3.05, 3.63) is 71.3 Å². The van der Waals surface area contributed by atoms with Crippen LogP contribution in [0.4, 0.5) is 4.79 Å². The Hall–Kier alpha value is -3.28. The molecular weight excluding hydrogens is 380 g/mol. The Balaban J connectivity index is 2.06. The standard InChI is InChI=1S/C24H28N2O4/c1-4-5-14-29-19-13-9-12-18(15-19)22-20(23(27)30-16(2)3)21(25-24(28)26-22)17-10-7-6-8-11-17/h6-13,15-16,22H,4-5,14H2,1-3H3,(H2,25,26,28). The smallest absolute Gasteiger partial charge is 0.338 e. The predicted octanol–water partition coefficient (Wildman–Crippen LogP) is 4.58. The first-order chi connectivity index (χ1) is 14.5.